The van der Waals surface area contributed by atoms with Crippen molar-refractivity contribution in [3.05, 3.63) is 72.9 Å². The van der Waals surface area contributed by atoms with Crippen molar-refractivity contribution >= 4 is 19.8 Å². The molecule has 0 bridgehead atoms. The van der Waals surface area contributed by atoms with Crippen LogP contribution in [0.25, 0.3) is 0 Å². The van der Waals surface area contributed by atoms with E-state index in [0.29, 0.717) is 17.4 Å². The molecule has 2 unspecified atom stereocenters. The largest absolute Gasteiger partial charge is 0.756 e. The second kappa shape index (κ2) is 71.7. The molecule has 0 aliphatic carbocycles. The Hall–Kier alpha value is -2.55. The zero-order valence-corrected chi connectivity index (χ0v) is 61.7. The molecule has 0 N–H and O–H groups in total. The van der Waals surface area contributed by atoms with Gasteiger partial charge in [0.1, 0.15) is 19.8 Å². The van der Waals surface area contributed by atoms with Gasteiger partial charge in [-0.25, -0.2) is 0 Å². The van der Waals surface area contributed by atoms with Crippen molar-refractivity contribution in [1.82, 2.24) is 0 Å². The lowest BCUT2D eigenvalue weighted by molar-refractivity contribution is -0.870. The van der Waals surface area contributed by atoms with Gasteiger partial charge in [-0.1, -0.05) is 376 Å². The van der Waals surface area contributed by atoms with Crippen molar-refractivity contribution in [3.63, 3.8) is 0 Å². The summed E-state index contributed by atoms with van der Waals surface area (Å²) in [5.74, 6) is -0.811. The summed E-state index contributed by atoms with van der Waals surface area (Å²) in [6, 6.07) is 0. The van der Waals surface area contributed by atoms with Crippen LogP contribution in [-0.2, 0) is 32.7 Å². The fraction of sp³-hybridized carbons (Fsp3) is 0.827. The van der Waals surface area contributed by atoms with Crippen LogP contribution in [0.15, 0.2) is 72.9 Å². The number of carbonyl (C=O) groups excluding carboxylic acids is 2. The van der Waals surface area contributed by atoms with Crippen LogP contribution in [0.3, 0.4) is 0 Å². The highest BCUT2D eigenvalue weighted by Gasteiger charge is 2.22. The number of rotatable bonds is 73. The number of phosphoric ester groups is 1. The van der Waals surface area contributed by atoms with Crippen LogP contribution >= 0.6 is 7.82 Å². The van der Waals surface area contributed by atoms with E-state index < -0.39 is 26.5 Å². The molecule has 0 aliphatic rings. The molecule has 532 valence electrons. The Bertz CT molecular complexity index is 1770. The summed E-state index contributed by atoms with van der Waals surface area (Å²) in [6.07, 6.45) is 97.3. The Morgan fingerprint density at radius 1 is 0.352 bits per heavy atom. The molecule has 0 saturated heterocycles. The smallest absolute Gasteiger partial charge is 0.306 e. The average molecular weight is 1300 g/mol. The Labute approximate surface area is 565 Å². The minimum Gasteiger partial charge on any atom is -0.756 e. The number of hydrogen-bond acceptors (Lipinski definition) is 8. The molecule has 0 radical (unpaired) electrons. The van der Waals surface area contributed by atoms with Crippen LogP contribution in [0, 0.1) is 0 Å². The van der Waals surface area contributed by atoms with E-state index in [0.717, 1.165) is 70.6 Å². The number of ether oxygens (including phenoxy) is 2. The standard InChI is InChI=1S/C81H150NO8P/c1-6-8-10-12-14-16-18-20-22-24-26-28-30-32-34-36-37-38-39-40-41-42-43-44-45-46-48-50-52-54-56-58-60-62-64-66-68-70-72-74-81(84)90-79(78-89-91(85,86)88-76-75-82(3,4)5)77-87-80(83)73-71-69-67-65-63-61-59-57-55-53-51-49-47-35-33-31-29-27-25-23-21-19-17-15-13-11-9-7-2/h8,10,14,16,20,22,26,28,32,34,37-38,79H,6-7,9,11-13,15,17-19,21,23-25,27,29-31,33,35-36,39-78H2,1-5H3/b10-8-,16-14-,22-20-,28-26-,34-32-,38-37-. The molecular weight excluding hydrogens is 1150 g/mol. The molecule has 0 aliphatic heterocycles. The van der Waals surface area contributed by atoms with Crippen molar-refractivity contribution in [2.24, 2.45) is 0 Å². The van der Waals surface area contributed by atoms with Crippen molar-refractivity contribution < 1.29 is 42.1 Å². The van der Waals surface area contributed by atoms with Gasteiger partial charge in [0.25, 0.3) is 7.82 Å². The fourth-order valence-corrected chi connectivity index (χ4v) is 12.3. The van der Waals surface area contributed by atoms with Gasteiger partial charge in [-0.15, -0.1) is 0 Å². The Kier molecular flexibility index (Phi) is 69.7. The highest BCUT2D eigenvalue weighted by molar-refractivity contribution is 7.45. The third kappa shape index (κ3) is 76.4. The van der Waals surface area contributed by atoms with E-state index in [4.69, 9.17) is 18.5 Å². The maximum atomic E-state index is 12.9. The lowest BCUT2D eigenvalue weighted by Crippen LogP contribution is -2.37. The SMILES string of the molecule is CC/C=C\C/C=C\C/C=C\C/C=C\C/C=C\C/C=C\CCCCCCCCCCCCCCCCCCCCCCC(=O)OC(COC(=O)CCCCCCCCCCCCCCCCCCCCCCCCCCCCCC)COP(=O)([O-])OCC[N+](C)(C)C. The van der Waals surface area contributed by atoms with Gasteiger partial charge >= 0.3 is 11.9 Å². The van der Waals surface area contributed by atoms with Gasteiger partial charge in [-0.05, 0) is 64.2 Å². The second-order valence-electron chi connectivity index (χ2n) is 27.7. The first kappa shape index (κ1) is 88.5. The molecule has 0 aromatic carbocycles. The van der Waals surface area contributed by atoms with E-state index in [1.54, 1.807) is 0 Å². The van der Waals surface area contributed by atoms with Crippen LogP contribution in [-0.4, -0.2) is 70.0 Å². The van der Waals surface area contributed by atoms with E-state index in [1.165, 1.54) is 276 Å². The lowest BCUT2D eigenvalue weighted by Gasteiger charge is -2.28. The normalized spacial score (nSPS) is 13.4. The van der Waals surface area contributed by atoms with Crippen LogP contribution in [0.1, 0.15) is 380 Å². The predicted molar refractivity (Wildman–Crippen MR) is 393 cm³/mol. The summed E-state index contributed by atoms with van der Waals surface area (Å²) >= 11 is 0. The molecule has 2 atom stereocenters. The molecule has 10 heteroatoms. The fourth-order valence-electron chi connectivity index (χ4n) is 11.5. The van der Waals surface area contributed by atoms with Crippen molar-refractivity contribution in [3.8, 4) is 0 Å². The monoisotopic (exact) mass is 1300 g/mol. The number of unbranched alkanes of at least 4 members (excludes halogenated alkanes) is 47. The molecule has 0 aromatic rings. The van der Waals surface area contributed by atoms with Crippen LogP contribution in [0.4, 0.5) is 0 Å². The van der Waals surface area contributed by atoms with Crippen molar-refractivity contribution in [1.29, 1.82) is 0 Å². The van der Waals surface area contributed by atoms with Crippen LogP contribution < -0.4 is 4.89 Å². The number of quaternary nitrogens is 1. The first-order chi connectivity index (χ1) is 44.5. The number of phosphoric acid groups is 1. The number of allylic oxidation sites excluding steroid dienone is 12. The number of likely N-dealkylation sites (N-methyl/N-ethyl adjacent to an activating group) is 1. The molecule has 0 spiro atoms. The Morgan fingerprint density at radius 3 is 0.934 bits per heavy atom. The molecule has 0 fully saturated rings. The average Bonchev–Trinajstić information content (AvgIpc) is 3.30. The van der Waals surface area contributed by atoms with Crippen molar-refractivity contribution in [2.45, 2.75) is 386 Å². The molecule has 0 heterocycles. The van der Waals surface area contributed by atoms with Gasteiger partial charge in [0.2, 0.25) is 0 Å². The number of carbonyl (C=O) groups is 2. The summed E-state index contributed by atoms with van der Waals surface area (Å²) in [4.78, 5) is 38.2. The Morgan fingerprint density at radius 2 is 0.626 bits per heavy atom. The highest BCUT2D eigenvalue weighted by Crippen LogP contribution is 2.38. The molecular formula is C81H150NO8P. The van der Waals surface area contributed by atoms with E-state index in [-0.39, 0.29) is 32.0 Å². The maximum absolute atomic E-state index is 12.9. The van der Waals surface area contributed by atoms with Gasteiger partial charge in [0, 0.05) is 12.8 Å². The lowest BCUT2D eigenvalue weighted by atomic mass is 10.0. The minimum absolute atomic E-state index is 0.0288. The quantitative estimate of drug-likeness (QED) is 0.0195. The van der Waals surface area contributed by atoms with E-state index in [1.807, 2.05) is 21.1 Å². The third-order valence-electron chi connectivity index (χ3n) is 17.5. The third-order valence-corrected chi connectivity index (χ3v) is 18.5. The summed E-state index contributed by atoms with van der Waals surface area (Å²) in [7, 11) is 1.19. The van der Waals surface area contributed by atoms with E-state index in [2.05, 4.69) is 86.8 Å². The van der Waals surface area contributed by atoms with Gasteiger partial charge in [0.15, 0.2) is 6.10 Å². The Balaban J connectivity index is 3.93. The van der Waals surface area contributed by atoms with Crippen LogP contribution in [0.5, 0.6) is 0 Å². The van der Waals surface area contributed by atoms with Gasteiger partial charge in [-0.3, -0.25) is 14.2 Å². The highest BCUT2D eigenvalue weighted by atomic mass is 31.2. The molecule has 0 saturated carbocycles. The molecule has 0 amide bonds. The van der Waals surface area contributed by atoms with Gasteiger partial charge in [0.05, 0.1) is 27.7 Å². The summed E-state index contributed by atoms with van der Waals surface area (Å²) in [6.45, 7) is 4.20. The molecule has 0 rings (SSSR count). The first-order valence-corrected chi connectivity index (χ1v) is 40.6. The zero-order chi connectivity index (χ0) is 66.2. The number of esters is 2. The second-order valence-corrected chi connectivity index (χ2v) is 29.1. The minimum atomic E-state index is -4.64. The molecule has 0 aromatic heterocycles. The van der Waals surface area contributed by atoms with Crippen molar-refractivity contribution in [2.75, 3.05) is 47.5 Å². The molecule has 91 heavy (non-hydrogen) atoms. The predicted octanol–water partition coefficient (Wildman–Crippen LogP) is 25.3. The number of hydrogen-bond donors (Lipinski definition) is 0. The first-order valence-electron chi connectivity index (χ1n) is 39.1. The topological polar surface area (TPSA) is 111 Å². The van der Waals surface area contributed by atoms with E-state index in [9.17, 15) is 19.0 Å². The number of nitrogens with zero attached hydrogens (tertiary/aromatic N) is 1. The van der Waals surface area contributed by atoms with E-state index >= 15 is 0 Å². The van der Waals surface area contributed by atoms with Gasteiger partial charge < -0.3 is 27.9 Å². The zero-order valence-electron chi connectivity index (χ0n) is 60.8. The summed E-state index contributed by atoms with van der Waals surface area (Å²) in [5, 5.41) is 0. The van der Waals surface area contributed by atoms with Gasteiger partial charge in [-0.2, -0.15) is 0 Å². The maximum Gasteiger partial charge on any atom is 0.306 e. The summed E-state index contributed by atoms with van der Waals surface area (Å²) in [5.41, 5.74) is 0. The molecule has 9 nitrogen and oxygen atoms in total. The van der Waals surface area contributed by atoms with Crippen LogP contribution in [0.2, 0.25) is 0 Å². The summed E-state index contributed by atoms with van der Waals surface area (Å²) < 4.78 is 34.4.